The van der Waals surface area contributed by atoms with Gasteiger partial charge in [0.25, 0.3) is 5.91 Å². The summed E-state index contributed by atoms with van der Waals surface area (Å²) in [6.45, 7) is 3.13. The van der Waals surface area contributed by atoms with E-state index in [1.165, 1.54) is 0 Å². The lowest BCUT2D eigenvalue weighted by Gasteiger charge is -2.24. The molecule has 8 nitrogen and oxygen atoms in total. The molecular formula is C23H27ClN2O6. The number of benzene rings is 2. The molecule has 2 N–H and O–H groups in total. The van der Waals surface area contributed by atoms with E-state index in [1.54, 1.807) is 57.3 Å². The first-order valence-electron chi connectivity index (χ1n) is 10.0. The summed E-state index contributed by atoms with van der Waals surface area (Å²) in [6.07, 6.45) is 0.628. The van der Waals surface area contributed by atoms with E-state index in [2.05, 4.69) is 10.6 Å². The number of halogens is 1. The van der Waals surface area contributed by atoms with Crippen LogP contribution in [0.15, 0.2) is 48.5 Å². The van der Waals surface area contributed by atoms with Crippen LogP contribution in [-0.2, 0) is 25.5 Å². The predicted molar refractivity (Wildman–Crippen MR) is 120 cm³/mol. The maximum Gasteiger partial charge on any atom is 0.352 e. The van der Waals surface area contributed by atoms with Gasteiger partial charge in [-0.2, -0.15) is 0 Å². The topological polar surface area (TPSA) is 103 Å². The molecule has 2 aromatic carbocycles. The van der Waals surface area contributed by atoms with Crippen LogP contribution in [0.4, 0.5) is 0 Å². The Morgan fingerprint density at radius 3 is 2.25 bits per heavy atom. The molecule has 0 aliphatic carbocycles. The standard InChI is InChI=1S/C23H27ClN2O6/c1-23(2,22(29)31-15-30-20(27)14-25-3)32-19-10-4-16(5-11-19)12-13-26-21(28)17-6-8-18(24)9-7-17/h4-11,25H,12-15H2,1-3H3,(H,26,28). The molecule has 0 heterocycles. The zero-order valence-electron chi connectivity index (χ0n) is 18.3. The van der Waals surface area contributed by atoms with Crippen molar-refractivity contribution < 1.29 is 28.6 Å². The quantitative estimate of drug-likeness (QED) is 0.391. The van der Waals surface area contributed by atoms with E-state index in [0.29, 0.717) is 29.3 Å². The summed E-state index contributed by atoms with van der Waals surface area (Å²) in [6, 6.07) is 13.9. The normalized spacial score (nSPS) is 10.9. The van der Waals surface area contributed by atoms with Gasteiger partial charge in [-0.05, 0) is 69.3 Å². The maximum absolute atomic E-state index is 12.2. The van der Waals surface area contributed by atoms with Crippen LogP contribution < -0.4 is 15.4 Å². The molecule has 1 amide bonds. The first-order chi connectivity index (χ1) is 15.2. The molecule has 2 aromatic rings. The lowest BCUT2D eigenvalue weighted by Crippen LogP contribution is -2.40. The van der Waals surface area contributed by atoms with E-state index in [-0.39, 0.29) is 12.5 Å². The highest BCUT2D eigenvalue weighted by Gasteiger charge is 2.32. The number of likely N-dealkylation sites (N-methyl/N-ethyl adjacent to an activating group) is 1. The molecule has 0 saturated heterocycles. The number of nitrogens with one attached hydrogen (secondary N) is 2. The molecule has 0 fully saturated rings. The average Bonchev–Trinajstić information content (AvgIpc) is 2.75. The summed E-state index contributed by atoms with van der Waals surface area (Å²) >= 11 is 5.83. The Hall–Kier alpha value is -3.10. The summed E-state index contributed by atoms with van der Waals surface area (Å²) in [5.41, 5.74) is 0.262. The fourth-order valence-electron chi connectivity index (χ4n) is 2.60. The summed E-state index contributed by atoms with van der Waals surface area (Å²) in [4.78, 5) is 35.6. The molecule has 0 aromatic heterocycles. The second-order valence-electron chi connectivity index (χ2n) is 7.37. The zero-order chi connectivity index (χ0) is 23.6. The molecule has 0 saturated carbocycles. The van der Waals surface area contributed by atoms with Gasteiger partial charge in [0.05, 0.1) is 6.54 Å². The van der Waals surface area contributed by atoms with E-state index in [0.717, 1.165) is 5.56 Å². The van der Waals surface area contributed by atoms with Crippen molar-refractivity contribution in [1.29, 1.82) is 0 Å². The van der Waals surface area contributed by atoms with Gasteiger partial charge in [0.15, 0.2) is 5.60 Å². The Balaban J connectivity index is 1.78. The highest BCUT2D eigenvalue weighted by Crippen LogP contribution is 2.20. The number of esters is 2. The fourth-order valence-corrected chi connectivity index (χ4v) is 2.73. The molecule has 2 rings (SSSR count). The van der Waals surface area contributed by atoms with Crippen molar-refractivity contribution in [2.24, 2.45) is 0 Å². The van der Waals surface area contributed by atoms with E-state index >= 15 is 0 Å². The van der Waals surface area contributed by atoms with Crippen LogP contribution in [0.5, 0.6) is 5.75 Å². The van der Waals surface area contributed by atoms with Gasteiger partial charge in [0, 0.05) is 17.1 Å². The molecule has 9 heteroatoms. The van der Waals surface area contributed by atoms with Gasteiger partial charge in [-0.3, -0.25) is 9.59 Å². The largest absolute Gasteiger partial charge is 0.476 e. The number of hydrogen-bond donors (Lipinski definition) is 2. The van der Waals surface area contributed by atoms with Crippen molar-refractivity contribution in [3.8, 4) is 5.75 Å². The molecule has 0 atom stereocenters. The van der Waals surface area contributed by atoms with Gasteiger partial charge < -0.3 is 24.8 Å². The highest BCUT2D eigenvalue weighted by atomic mass is 35.5. The molecule has 0 unspecified atom stereocenters. The van der Waals surface area contributed by atoms with Crippen LogP contribution in [0.1, 0.15) is 29.8 Å². The molecule has 0 spiro atoms. The van der Waals surface area contributed by atoms with Gasteiger partial charge in [-0.25, -0.2) is 4.79 Å². The highest BCUT2D eigenvalue weighted by molar-refractivity contribution is 6.30. The summed E-state index contributed by atoms with van der Waals surface area (Å²) < 4.78 is 15.4. The number of rotatable bonds is 11. The minimum absolute atomic E-state index is 0.0224. The Morgan fingerprint density at radius 2 is 1.62 bits per heavy atom. The van der Waals surface area contributed by atoms with Gasteiger partial charge in [0.1, 0.15) is 5.75 Å². The molecule has 172 valence electrons. The fraction of sp³-hybridized carbons (Fsp3) is 0.348. The van der Waals surface area contributed by atoms with Crippen LogP contribution in [0, 0.1) is 0 Å². The average molecular weight is 463 g/mol. The van der Waals surface area contributed by atoms with Crippen LogP contribution in [0.25, 0.3) is 0 Å². The van der Waals surface area contributed by atoms with Gasteiger partial charge in [-0.15, -0.1) is 0 Å². The Labute approximate surface area is 192 Å². The SMILES string of the molecule is CNCC(=O)OCOC(=O)C(C)(C)Oc1ccc(CCNC(=O)c2ccc(Cl)cc2)cc1. The van der Waals surface area contributed by atoms with Crippen LogP contribution in [0.3, 0.4) is 0 Å². The van der Waals surface area contributed by atoms with E-state index < -0.39 is 24.3 Å². The number of amides is 1. The molecule has 32 heavy (non-hydrogen) atoms. The van der Waals surface area contributed by atoms with Crippen molar-refractivity contribution in [3.05, 3.63) is 64.7 Å². The maximum atomic E-state index is 12.2. The van der Waals surface area contributed by atoms with Crippen molar-refractivity contribution >= 4 is 29.4 Å². The minimum atomic E-state index is -1.27. The molecule has 0 aliphatic heterocycles. The molecule has 0 aliphatic rings. The first-order valence-corrected chi connectivity index (χ1v) is 10.4. The lowest BCUT2D eigenvalue weighted by molar-refractivity contribution is -0.177. The third-order valence-corrected chi connectivity index (χ3v) is 4.58. The number of hydrogen-bond acceptors (Lipinski definition) is 7. The predicted octanol–water partition coefficient (Wildman–Crippen LogP) is 2.73. The summed E-state index contributed by atoms with van der Waals surface area (Å²) in [7, 11) is 1.60. The third-order valence-electron chi connectivity index (χ3n) is 4.32. The third kappa shape index (κ3) is 8.20. The summed E-state index contributed by atoms with van der Waals surface area (Å²) in [5, 5.41) is 6.07. The van der Waals surface area contributed by atoms with E-state index in [4.69, 9.17) is 25.8 Å². The van der Waals surface area contributed by atoms with Crippen LogP contribution >= 0.6 is 11.6 Å². The van der Waals surface area contributed by atoms with Gasteiger partial charge in [0.2, 0.25) is 6.79 Å². The molecule has 0 bridgehead atoms. The van der Waals surface area contributed by atoms with Crippen LogP contribution in [0.2, 0.25) is 5.02 Å². The summed E-state index contributed by atoms with van der Waals surface area (Å²) in [5.74, 6) is -0.880. The van der Waals surface area contributed by atoms with Gasteiger partial charge >= 0.3 is 11.9 Å². The van der Waals surface area contributed by atoms with Crippen molar-refractivity contribution in [2.75, 3.05) is 26.9 Å². The lowest BCUT2D eigenvalue weighted by atomic mass is 10.1. The first kappa shape index (κ1) is 25.2. The smallest absolute Gasteiger partial charge is 0.352 e. The molecular weight excluding hydrogens is 436 g/mol. The van der Waals surface area contributed by atoms with Crippen molar-refractivity contribution in [3.63, 3.8) is 0 Å². The Bertz CT molecular complexity index is 913. The van der Waals surface area contributed by atoms with E-state index in [1.807, 2.05) is 12.1 Å². The second-order valence-corrected chi connectivity index (χ2v) is 7.80. The van der Waals surface area contributed by atoms with Crippen LogP contribution in [-0.4, -0.2) is 50.4 Å². The van der Waals surface area contributed by atoms with Crippen molar-refractivity contribution in [2.45, 2.75) is 25.9 Å². The van der Waals surface area contributed by atoms with Crippen molar-refractivity contribution in [1.82, 2.24) is 10.6 Å². The second kappa shape index (κ2) is 12.1. The number of carbonyl (C=O) groups is 3. The number of carbonyl (C=O) groups excluding carboxylic acids is 3. The zero-order valence-corrected chi connectivity index (χ0v) is 19.0. The number of ether oxygens (including phenoxy) is 3. The minimum Gasteiger partial charge on any atom is -0.476 e. The molecule has 0 radical (unpaired) electrons. The van der Waals surface area contributed by atoms with E-state index in [9.17, 15) is 14.4 Å². The Kier molecular flexibility index (Phi) is 9.49. The van der Waals surface area contributed by atoms with Gasteiger partial charge in [-0.1, -0.05) is 23.7 Å². The Morgan fingerprint density at radius 1 is 0.969 bits per heavy atom. The monoisotopic (exact) mass is 462 g/mol.